The number of nitrogens with one attached hydrogen (secondary N) is 1. The summed E-state index contributed by atoms with van der Waals surface area (Å²) in [4.78, 5) is 14.9. The summed E-state index contributed by atoms with van der Waals surface area (Å²) < 4.78 is 44.9. The van der Waals surface area contributed by atoms with Crippen LogP contribution in [0.25, 0.3) is 0 Å². The van der Waals surface area contributed by atoms with Gasteiger partial charge in [-0.25, -0.2) is 8.42 Å². The molecule has 3 rings (SSSR count). The fourth-order valence-corrected chi connectivity index (χ4v) is 5.31. The molecule has 8 nitrogen and oxygen atoms in total. The van der Waals surface area contributed by atoms with E-state index in [-0.39, 0.29) is 33.2 Å². The first-order chi connectivity index (χ1) is 15.7. The Labute approximate surface area is 199 Å². The van der Waals surface area contributed by atoms with E-state index in [0.29, 0.717) is 43.2 Å². The molecule has 1 aliphatic rings. The maximum Gasteiger partial charge on any atom is 0.262 e. The molecule has 0 bridgehead atoms. The third kappa shape index (κ3) is 5.72. The zero-order valence-electron chi connectivity index (χ0n) is 19.2. The van der Waals surface area contributed by atoms with Crippen LogP contribution in [0.15, 0.2) is 35.2 Å². The second-order valence-electron chi connectivity index (χ2n) is 7.85. The van der Waals surface area contributed by atoms with Crippen LogP contribution in [0.2, 0.25) is 5.02 Å². The van der Waals surface area contributed by atoms with E-state index >= 15 is 0 Å². The van der Waals surface area contributed by atoms with Crippen molar-refractivity contribution in [2.45, 2.75) is 25.2 Å². The Morgan fingerprint density at radius 2 is 1.94 bits per heavy atom. The van der Waals surface area contributed by atoms with Gasteiger partial charge in [-0.15, -0.1) is 0 Å². The van der Waals surface area contributed by atoms with Crippen molar-refractivity contribution < 1.29 is 27.4 Å². The second kappa shape index (κ2) is 10.6. The van der Waals surface area contributed by atoms with Crippen molar-refractivity contribution in [1.29, 1.82) is 0 Å². The monoisotopic (exact) mass is 496 g/mol. The number of hydrogen-bond acceptors (Lipinski definition) is 6. The second-order valence-corrected chi connectivity index (χ2v) is 9.90. The van der Waals surface area contributed by atoms with Gasteiger partial charge >= 0.3 is 0 Å². The largest absolute Gasteiger partial charge is 0.495 e. The minimum atomic E-state index is -4.04. The van der Waals surface area contributed by atoms with E-state index < -0.39 is 10.0 Å². The molecule has 0 saturated carbocycles. The molecule has 0 aliphatic carbocycles. The highest BCUT2D eigenvalue weighted by atomic mass is 35.5. The topological polar surface area (TPSA) is 94.2 Å². The Morgan fingerprint density at radius 1 is 1.21 bits per heavy atom. The summed E-state index contributed by atoms with van der Waals surface area (Å²) in [6, 6.07) is 7.61. The normalized spacial score (nSPS) is 15.8. The van der Waals surface area contributed by atoms with Crippen LogP contribution in [0.3, 0.4) is 0 Å². The van der Waals surface area contributed by atoms with Crippen molar-refractivity contribution in [2.75, 3.05) is 45.2 Å². The molecule has 1 N–H and O–H groups in total. The number of carbonyl (C=O) groups excluding carboxylic acids is 1. The number of carbonyl (C=O) groups is 1. The molecule has 0 radical (unpaired) electrons. The number of ether oxygens (including phenoxy) is 3. The quantitative estimate of drug-likeness (QED) is 0.564. The van der Waals surface area contributed by atoms with Crippen LogP contribution in [0.1, 0.15) is 29.3 Å². The number of anilines is 1. The van der Waals surface area contributed by atoms with Crippen LogP contribution < -0.4 is 14.2 Å². The third-order valence-corrected chi connectivity index (χ3v) is 7.42. The standard InChI is InChI=1S/C23H29ClN2O6S/c1-5-26(13-16-8-9-32-14-16)23(27)17-7-6-15(2)22(10-17)33(28,29)25-19-11-18(24)20(30-3)12-21(19)31-4/h6-7,10-12,16,25H,5,8-9,13-14H2,1-4H3. The summed E-state index contributed by atoms with van der Waals surface area (Å²) >= 11 is 6.18. The predicted octanol–water partition coefficient (Wildman–Crippen LogP) is 3.97. The third-order valence-electron chi connectivity index (χ3n) is 5.61. The predicted molar refractivity (Wildman–Crippen MR) is 127 cm³/mol. The van der Waals surface area contributed by atoms with Gasteiger partial charge < -0.3 is 19.1 Å². The number of rotatable bonds is 9. The summed E-state index contributed by atoms with van der Waals surface area (Å²) in [5.74, 6) is 0.677. The molecule has 1 unspecified atom stereocenters. The molecule has 1 amide bonds. The SMILES string of the molecule is CCN(CC1CCOC1)C(=O)c1ccc(C)c(S(=O)(=O)Nc2cc(Cl)c(OC)cc2OC)c1. The van der Waals surface area contributed by atoms with E-state index in [2.05, 4.69) is 4.72 Å². The molecule has 180 valence electrons. The Bertz CT molecular complexity index is 1120. The van der Waals surface area contributed by atoms with Crippen molar-refractivity contribution >= 4 is 33.2 Å². The Kier molecular flexibility index (Phi) is 8.10. The Hall–Kier alpha value is -2.49. The molecule has 1 heterocycles. The van der Waals surface area contributed by atoms with Crippen LogP contribution in [0.4, 0.5) is 5.69 Å². The van der Waals surface area contributed by atoms with E-state index in [9.17, 15) is 13.2 Å². The molecule has 0 spiro atoms. The lowest BCUT2D eigenvalue weighted by atomic mass is 10.1. The van der Waals surface area contributed by atoms with Gasteiger partial charge in [-0.1, -0.05) is 17.7 Å². The first-order valence-corrected chi connectivity index (χ1v) is 12.5. The van der Waals surface area contributed by atoms with Crippen LogP contribution in [-0.2, 0) is 14.8 Å². The molecule has 1 fully saturated rings. The molecule has 10 heteroatoms. The van der Waals surface area contributed by atoms with Gasteiger partial charge in [-0.2, -0.15) is 0 Å². The molecule has 1 saturated heterocycles. The molecule has 0 aromatic heterocycles. The lowest BCUT2D eigenvalue weighted by Crippen LogP contribution is -2.35. The highest BCUT2D eigenvalue weighted by molar-refractivity contribution is 7.92. The molecular weight excluding hydrogens is 468 g/mol. The van der Waals surface area contributed by atoms with E-state index in [4.69, 9.17) is 25.8 Å². The first kappa shape index (κ1) is 25.1. The minimum Gasteiger partial charge on any atom is -0.495 e. The van der Waals surface area contributed by atoms with Gasteiger partial charge in [-0.3, -0.25) is 9.52 Å². The lowest BCUT2D eigenvalue weighted by Gasteiger charge is -2.24. The number of nitrogens with zero attached hydrogens (tertiary/aromatic N) is 1. The van der Waals surface area contributed by atoms with Gasteiger partial charge in [0.2, 0.25) is 0 Å². The maximum atomic E-state index is 13.3. The van der Waals surface area contributed by atoms with Gasteiger partial charge in [0, 0.05) is 37.2 Å². The molecular formula is C23H29ClN2O6S. The van der Waals surface area contributed by atoms with E-state index in [1.54, 1.807) is 24.0 Å². The summed E-state index contributed by atoms with van der Waals surface area (Å²) in [5.41, 5.74) is 0.974. The number of aryl methyl sites for hydroxylation is 1. The highest BCUT2D eigenvalue weighted by Crippen LogP contribution is 2.37. The average Bonchev–Trinajstić information content (AvgIpc) is 3.30. The zero-order valence-corrected chi connectivity index (χ0v) is 20.8. The zero-order chi connectivity index (χ0) is 24.2. The van der Waals surface area contributed by atoms with Crippen molar-refractivity contribution in [3.8, 4) is 11.5 Å². The van der Waals surface area contributed by atoms with E-state index in [1.165, 1.54) is 32.4 Å². The summed E-state index contributed by atoms with van der Waals surface area (Å²) in [7, 11) is -1.17. The van der Waals surface area contributed by atoms with Crippen LogP contribution >= 0.6 is 11.6 Å². The molecule has 1 aliphatic heterocycles. The number of benzene rings is 2. The fraction of sp³-hybridized carbons (Fsp3) is 0.435. The van der Waals surface area contributed by atoms with Crippen LogP contribution in [-0.4, -0.2) is 59.7 Å². The number of halogens is 1. The van der Waals surface area contributed by atoms with Gasteiger partial charge in [-0.05, 0) is 44.0 Å². The van der Waals surface area contributed by atoms with Gasteiger partial charge in [0.15, 0.2) is 0 Å². The fourth-order valence-electron chi connectivity index (χ4n) is 3.74. The molecule has 33 heavy (non-hydrogen) atoms. The number of amides is 1. The lowest BCUT2D eigenvalue weighted by molar-refractivity contribution is 0.0730. The van der Waals surface area contributed by atoms with Gasteiger partial charge in [0.25, 0.3) is 15.9 Å². The number of hydrogen-bond donors (Lipinski definition) is 1. The highest BCUT2D eigenvalue weighted by Gasteiger charge is 2.25. The maximum absolute atomic E-state index is 13.3. The van der Waals surface area contributed by atoms with Gasteiger partial charge in [0.1, 0.15) is 11.5 Å². The minimum absolute atomic E-state index is 0.00240. The Balaban J connectivity index is 1.90. The average molecular weight is 497 g/mol. The summed E-state index contributed by atoms with van der Waals surface area (Å²) in [6.07, 6.45) is 0.910. The number of methoxy groups -OCH3 is 2. The summed E-state index contributed by atoms with van der Waals surface area (Å²) in [6.45, 7) is 6.01. The Morgan fingerprint density at radius 3 is 2.55 bits per heavy atom. The van der Waals surface area contributed by atoms with Gasteiger partial charge in [0.05, 0.1) is 36.4 Å². The summed E-state index contributed by atoms with van der Waals surface area (Å²) in [5, 5.41) is 0.228. The van der Waals surface area contributed by atoms with E-state index in [0.717, 1.165) is 6.42 Å². The van der Waals surface area contributed by atoms with Crippen LogP contribution in [0.5, 0.6) is 11.5 Å². The first-order valence-electron chi connectivity index (χ1n) is 10.6. The smallest absolute Gasteiger partial charge is 0.262 e. The van der Waals surface area contributed by atoms with Crippen molar-refractivity contribution in [3.05, 3.63) is 46.5 Å². The van der Waals surface area contributed by atoms with Crippen molar-refractivity contribution in [2.24, 2.45) is 5.92 Å². The van der Waals surface area contributed by atoms with E-state index in [1.807, 2.05) is 6.92 Å². The molecule has 2 aromatic rings. The van der Waals surface area contributed by atoms with Crippen LogP contribution in [0, 0.1) is 12.8 Å². The number of sulfonamides is 1. The van der Waals surface area contributed by atoms with Crippen molar-refractivity contribution in [3.63, 3.8) is 0 Å². The molecule has 2 aromatic carbocycles. The molecule has 1 atom stereocenters. The van der Waals surface area contributed by atoms with Crippen molar-refractivity contribution in [1.82, 2.24) is 4.90 Å².